The fourth-order valence-corrected chi connectivity index (χ4v) is 8.02. The molecular formula is C26H42F3N7OS. The van der Waals surface area contributed by atoms with Gasteiger partial charge in [-0.25, -0.2) is 0 Å². The molecule has 0 amide bonds. The van der Waals surface area contributed by atoms with Crippen LogP contribution in [-0.2, 0) is 0 Å². The zero-order valence-corrected chi connectivity index (χ0v) is 23.2. The van der Waals surface area contributed by atoms with Crippen LogP contribution in [0.4, 0.5) is 13.2 Å². The molecule has 1 saturated carbocycles. The molecule has 1 aliphatic carbocycles. The molecule has 0 radical (unpaired) electrons. The first-order valence-corrected chi connectivity index (χ1v) is 15.2. The van der Waals surface area contributed by atoms with Gasteiger partial charge >= 0.3 is 6.18 Å². The van der Waals surface area contributed by atoms with Crippen LogP contribution in [0, 0.1) is 11.3 Å². The van der Waals surface area contributed by atoms with Crippen molar-refractivity contribution in [2.24, 2.45) is 11.3 Å². The van der Waals surface area contributed by atoms with E-state index in [0.29, 0.717) is 29.4 Å². The van der Waals surface area contributed by atoms with Crippen LogP contribution >= 0.6 is 11.9 Å². The molecule has 214 valence electrons. The van der Waals surface area contributed by atoms with E-state index < -0.39 is 11.6 Å². The van der Waals surface area contributed by atoms with E-state index in [1.165, 1.54) is 19.3 Å². The molecular weight excluding hydrogens is 515 g/mol. The lowest BCUT2D eigenvalue weighted by atomic mass is 9.90. The SMILES string of the molecule is CC1(C)CC2CN1C1NC(n3ccc(OCCC4(C(F)(F)F)CC4)n3)CCC1CNSC1CCCC(N2)N1. The van der Waals surface area contributed by atoms with Gasteiger partial charge in [-0.1, -0.05) is 11.9 Å². The molecule has 4 N–H and O–H groups in total. The molecule has 5 fully saturated rings. The molecule has 7 unspecified atom stereocenters. The number of halogens is 3. The minimum atomic E-state index is -4.15. The Morgan fingerprint density at radius 1 is 1.13 bits per heavy atom. The summed E-state index contributed by atoms with van der Waals surface area (Å²) in [6, 6.07) is 2.21. The van der Waals surface area contributed by atoms with Gasteiger partial charge in [0.05, 0.1) is 29.7 Å². The number of fused-ring (bicyclic) bond motifs is 6. The monoisotopic (exact) mass is 557 g/mol. The Morgan fingerprint density at radius 2 is 1.97 bits per heavy atom. The lowest BCUT2D eigenvalue weighted by molar-refractivity contribution is -0.190. The number of hydrogen-bond acceptors (Lipinski definition) is 8. The first-order chi connectivity index (χ1) is 18.1. The summed E-state index contributed by atoms with van der Waals surface area (Å²) in [5.41, 5.74) is -1.49. The summed E-state index contributed by atoms with van der Waals surface area (Å²) in [6.45, 7) is 6.68. The van der Waals surface area contributed by atoms with Crippen LogP contribution in [0.2, 0.25) is 0 Å². The molecule has 7 atom stereocenters. The zero-order chi connectivity index (χ0) is 26.5. The lowest BCUT2D eigenvalue weighted by Gasteiger charge is -2.47. The van der Waals surface area contributed by atoms with E-state index in [0.717, 1.165) is 32.4 Å². The lowest BCUT2D eigenvalue weighted by Crippen LogP contribution is -2.61. The van der Waals surface area contributed by atoms with E-state index in [1.807, 2.05) is 22.8 Å². The van der Waals surface area contributed by atoms with Crippen molar-refractivity contribution in [3.8, 4) is 5.88 Å². The predicted octanol–water partition coefficient (Wildman–Crippen LogP) is 3.94. The summed E-state index contributed by atoms with van der Waals surface area (Å²) < 4.78 is 50.9. The topological polar surface area (TPSA) is 78.4 Å². The van der Waals surface area contributed by atoms with Gasteiger partial charge in [-0.2, -0.15) is 13.2 Å². The number of piperidine rings is 2. The third-order valence-corrected chi connectivity index (χ3v) is 10.4. The molecule has 5 aliphatic rings. The Kier molecular flexibility index (Phi) is 7.43. The van der Waals surface area contributed by atoms with Gasteiger partial charge in [-0.15, -0.1) is 5.10 Å². The van der Waals surface area contributed by atoms with Gasteiger partial charge in [0, 0.05) is 42.9 Å². The summed E-state index contributed by atoms with van der Waals surface area (Å²) in [5.74, 6) is 0.854. The molecule has 12 heteroatoms. The summed E-state index contributed by atoms with van der Waals surface area (Å²) >= 11 is 1.83. The van der Waals surface area contributed by atoms with Crippen LogP contribution in [0.15, 0.2) is 12.3 Å². The minimum absolute atomic E-state index is 0.00369. The number of ether oxygens (including phenoxy) is 1. The summed E-state index contributed by atoms with van der Waals surface area (Å²) in [6.07, 6.45) is 5.43. The number of nitrogens with zero attached hydrogens (tertiary/aromatic N) is 3. The number of aromatic nitrogens is 2. The van der Waals surface area contributed by atoms with Crippen molar-refractivity contribution in [1.29, 1.82) is 0 Å². The van der Waals surface area contributed by atoms with Crippen molar-refractivity contribution in [1.82, 2.24) is 35.4 Å². The van der Waals surface area contributed by atoms with Crippen LogP contribution in [-0.4, -0.2) is 69.8 Å². The van der Waals surface area contributed by atoms with E-state index in [1.54, 1.807) is 6.07 Å². The van der Waals surface area contributed by atoms with E-state index in [9.17, 15) is 13.2 Å². The van der Waals surface area contributed by atoms with Gasteiger partial charge in [-0.05, 0) is 71.6 Å². The van der Waals surface area contributed by atoms with Crippen molar-refractivity contribution in [2.45, 2.75) is 113 Å². The van der Waals surface area contributed by atoms with E-state index in [4.69, 9.17) is 4.74 Å². The molecule has 4 aliphatic heterocycles. The molecule has 6 rings (SSSR count). The molecule has 5 heterocycles. The molecule has 0 spiro atoms. The molecule has 38 heavy (non-hydrogen) atoms. The predicted molar refractivity (Wildman–Crippen MR) is 141 cm³/mol. The van der Waals surface area contributed by atoms with Crippen molar-refractivity contribution in [3.63, 3.8) is 0 Å². The maximum atomic E-state index is 13.2. The number of nitrogens with one attached hydrogen (secondary N) is 4. The second-order valence-electron chi connectivity index (χ2n) is 12.6. The maximum absolute atomic E-state index is 13.2. The summed E-state index contributed by atoms with van der Waals surface area (Å²) in [5, 5.41) is 16.7. The molecule has 0 aromatic carbocycles. The Hall–Kier alpha value is -1.05. The van der Waals surface area contributed by atoms with Crippen LogP contribution in [0.25, 0.3) is 0 Å². The average molecular weight is 558 g/mol. The first-order valence-electron chi connectivity index (χ1n) is 14.3. The largest absolute Gasteiger partial charge is 0.477 e. The standard InChI is InChI=1S/C26H42F3N7OS/c1-24(2)14-18-16-35(24)23-17(15-30-38-22-5-3-4-19(31-18)32-22)6-7-20(33-23)36-12-8-21(34-36)37-13-11-25(9-10-25)26(27,28)29/h8,12,17-20,22-23,30-33H,3-7,9-11,13-16H2,1-2H3. The third kappa shape index (κ3) is 5.58. The summed E-state index contributed by atoms with van der Waals surface area (Å²) in [7, 11) is 0. The van der Waals surface area contributed by atoms with Gasteiger partial charge in [0.2, 0.25) is 5.88 Å². The first kappa shape index (κ1) is 27.1. The van der Waals surface area contributed by atoms with E-state index in [-0.39, 0.29) is 43.7 Å². The summed E-state index contributed by atoms with van der Waals surface area (Å²) in [4.78, 5) is 2.64. The second kappa shape index (κ2) is 10.4. The van der Waals surface area contributed by atoms with Gasteiger partial charge < -0.3 is 4.74 Å². The third-order valence-electron chi connectivity index (χ3n) is 9.44. The Morgan fingerprint density at radius 3 is 2.76 bits per heavy atom. The van der Waals surface area contributed by atoms with Gasteiger partial charge in [0.25, 0.3) is 0 Å². The molecule has 4 bridgehead atoms. The second-order valence-corrected chi connectivity index (χ2v) is 13.7. The molecule has 8 nitrogen and oxygen atoms in total. The smallest absolute Gasteiger partial charge is 0.394 e. The average Bonchev–Trinajstić information content (AvgIpc) is 3.41. The van der Waals surface area contributed by atoms with Crippen LogP contribution < -0.4 is 25.4 Å². The van der Waals surface area contributed by atoms with E-state index in [2.05, 4.69) is 44.5 Å². The minimum Gasteiger partial charge on any atom is -0.477 e. The van der Waals surface area contributed by atoms with Crippen LogP contribution in [0.1, 0.15) is 77.8 Å². The quantitative estimate of drug-likeness (QED) is 0.406. The van der Waals surface area contributed by atoms with Crippen molar-refractivity contribution in [3.05, 3.63) is 12.3 Å². The zero-order valence-electron chi connectivity index (χ0n) is 22.4. The highest BCUT2D eigenvalue weighted by Crippen LogP contribution is 2.59. The van der Waals surface area contributed by atoms with Crippen molar-refractivity contribution in [2.75, 3.05) is 19.7 Å². The number of hydrogen-bond donors (Lipinski definition) is 4. The Balaban J connectivity index is 1.12. The molecule has 1 aromatic rings. The van der Waals surface area contributed by atoms with Crippen molar-refractivity contribution < 1.29 is 17.9 Å². The molecule has 4 saturated heterocycles. The number of rotatable bonds is 5. The highest BCUT2D eigenvalue weighted by atomic mass is 32.2. The Labute approximate surface area is 227 Å². The van der Waals surface area contributed by atoms with E-state index >= 15 is 0 Å². The van der Waals surface area contributed by atoms with Crippen LogP contribution in [0.5, 0.6) is 5.88 Å². The normalized spacial score (nSPS) is 38.5. The molecule has 1 aromatic heterocycles. The fourth-order valence-electron chi connectivity index (χ4n) is 7.00. The van der Waals surface area contributed by atoms with Gasteiger partial charge in [-0.3, -0.25) is 30.3 Å². The highest BCUT2D eigenvalue weighted by molar-refractivity contribution is 7.98. The van der Waals surface area contributed by atoms with Gasteiger partial charge in [0.15, 0.2) is 0 Å². The van der Waals surface area contributed by atoms with Gasteiger partial charge in [0.1, 0.15) is 6.17 Å². The fraction of sp³-hybridized carbons (Fsp3) is 0.885. The van der Waals surface area contributed by atoms with Crippen LogP contribution in [0.3, 0.4) is 0 Å². The Bertz CT molecular complexity index is 971. The maximum Gasteiger partial charge on any atom is 0.394 e. The highest BCUT2D eigenvalue weighted by Gasteiger charge is 2.62. The van der Waals surface area contributed by atoms with Crippen molar-refractivity contribution >= 4 is 11.9 Å². The number of alkyl halides is 3.